The molecule has 2 atom stereocenters. The second-order valence-corrected chi connectivity index (χ2v) is 5.46. The zero-order chi connectivity index (χ0) is 13.3. The van der Waals surface area contributed by atoms with Crippen molar-refractivity contribution in [2.24, 2.45) is 18.7 Å². The van der Waals surface area contributed by atoms with Crippen LogP contribution in [0.5, 0.6) is 0 Å². The van der Waals surface area contributed by atoms with Gasteiger partial charge < -0.3 is 15.2 Å². The van der Waals surface area contributed by atoms with Gasteiger partial charge in [0.05, 0.1) is 5.02 Å². The van der Waals surface area contributed by atoms with Gasteiger partial charge in [-0.15, -0.1) is 0 Å². The fourth-order valence-corrected chi connectivity index (χ4v) is 2.82. The van der Waals surface area contributed by atoms with Gasteiger partial charge in [0.2, 0.25) is 0 Å². The van der Waals surface area contributed by atoms with Crippen molar-refractivity contribution in [1.82, 2.24) is 9.47 Å². The topological polar surface area (TPSA) is 51.3 Å². The van der Waals surface area contributed by atoms with Crippen LogP contribution in [0.15, 0.2) is 12.3 Å². The lowest BCUT2D eigenvalue weighted by molar-refractivity contribution is 0.0639. The van der Waals surface area contributed by atoms with Crippen molar-refractivity contribution in [2.75, 3.05) is 13.1 Å². The Labute approximate surface area is 113 Å². The number of amides is 1. The monoisotopic (exact) mass is 269 g/mol. The van der Waals surface area contributed by atoms with Gasteiger partial charge in [-0.2, -0.15) is 0 Å². The Hall–Kier alpha value is -1.00. The highest BCUT2D eigenvalue weighted by Gasteiger charge is 2.29. The predicted octanol–water partition coefficient (Wildman–Crippen LogP) is 1.88. The molecule has 0 radical (unpaired) electrons. The van der Waals surface area contributed by atoms with E-state index in [0.29, 0.717) is 16.6 Å². The van der Waals surface area contributed by atoms with Gasteiger partial charge in [-0.1, -0.05) is 24.9 Å². The van der Waals surface area contributed by atoms with E-state index in [1.54, 1.807) is 16.8 Å². The number of carbonyl (C=O) groups is 1. The van der Waals surface area contributed by atoms with Crippen molar-refractivity contribution >= 4 is 17.5 Å². The van der Waals surface area contributed by atoms with Crippen molar-refractivity contribution in [3.63, 3.8) is 0 Å². The molecule has 0 aromatic carbocycles. The molecule has 2 rings (SSSR count). The van der Waals surface area contributed by atoms with Gasteiger partial charge in [0, 0.05) is 32.4 Å². The molecule has 1 saturated heterocycles. The number of piperidine rings is 1. The maximum atomic E-state index is 12.4. The van der Waals surface area contributed by atoms with Crippen LogP contribution in [0.1, 0.15) is 30.3 Å². The second-order valence-electron chi connectivity index (χ2n) is 5.03. The van der Waals surface area contributed by atoms with Crippen molar-refractivity contribution < 1.29 is 4.79 Å². The van der Waals surface area contributed by atoms with Crippen LogP contribution in [0.2, 0.25) is 5.02 Å². The standard InChI is InChI=1S/C13H20ClN3O/c1-3-9-7-17(5-4-11(9)15)13(18)12-6-10(14)8-16(12)2/h6,8-9,11H,3-5,7,15H2,1-2H3. The predicted molar refractivity (Wildman–Crippen MR) is 72.7 cm³/mol. The Kier molecular flexibility index (Phi) is 3.97. The number of halogens is 1. The van der Waals surface area contributed by atoms with Crippen molar-refractivity contribution in [3.05, 3.63) is 23.0 Å². The molecule has 2 N–H and O–H groups in total. The van der Waals surface area contributed by atoms with E-state index in [0.717, 1.165) is 25.9 Å². The molecule has 0 aliphatic carbocycles. The van der Waals surface area contributed by atoms with E-state index in [-0.39, 0.29) is 11.9 Å². The molecule has 2 heterocycles. The summed E-state index contributed by atoms with van der Waals surface area (Å²) in [5, 5.41) is 0.599. The summed E-state index contributed by atoms with van der Waals surface area (Å²) in [5.74, 6) is 0.452. The molecule has 0 spiro atoms. The third kappa shape index (κ3) is 2.54. The van der Waals surface area contributed by atoms with Crippen LogP contribution in [0.3, 0.4) is 0 Å². The number of nitrogens with two attached hydrogens (primary N) is 1. The molecule has 1 aliphatic heterocycles. The van der Waals surface area contributed by atoms with E-state index in [1.807, 2.05) is 11.9 Å². The highest BCUT2D eigenvalue weighted by Crippen LogP contribution is 2.21. The summed E-state index contributed by atoms with van der Waals surface area (Å²) in [4.78, 5) is 14.3. The zero-order valence-electron chi connectivity index (χ0n) is 10.9. The zero-order valence-corrected chi connectivity index (χ0v) is 11.7. The number of aromatic nitrogens is 1. The van der Waals surface area contributed by atoms with Gasteiger partial charge in [0.25, 0.3) is 5.91 Å². The number of nitrogens with zero attached hydrogens (tertiary/aromatic N) is 2. The molecule has 5 heteroatoms. The minimum absolute atomic E-state index is 0.0507. The van der Waals surface area contributed by atoms with Crippen LogP contribution in [0.4, 0.5) is 0 Å². The summed E-state index contributed by atoms with van der Waals surface area (Å²) in [6.45, 7) is 3.61. The Morgan fingerprint density at radius 1 is 1.61 bits per heavy atom. The van der Waals surface area contributed by atoms with Gasteiger partial charge in [0.15, 0.2) is 0 Å². The third-order valence-electron chi connectivity index (χ3n) is 3.80. The van der Waals surface area contributed by atoms with Crippen LogP contribution >= 0.6 is 11.6 Å². The van der Waals surface area contributed by atoms with Gasteiger partial charge in [-0.25, -0.2) is 0 Å². The van der Waals surface area contributed by atoms with Gasteiger partial charge in [-0.3, -0.25) is 4.79 Å². The normalized spacial score (nSPS) is 24.3. The summed E-state index contributed by atoms with van der Waals surface area (Å²) >= 11 is 5.92. The Morgan fingerprint density at radius 3 is 2.89 bits per heavy atom. The molecule has 1 aromatic heterocycles. The number of aryl methyl sites for hydroxylation is 1. The van der Waals surface area contributed by atoms with Gasteiger partial charge >= 0.3 is 0 Å². The Balaban J connectivity index is 2.12. The molecule has 4 nitrogen and oxygen atoms in total. The summed E-state index contributed by atoms with van der Waals surface area (Å²) in [6.07, 6.45) is 3.64. The van der Waals surface area contributed by atoms with Crippen molar-refractivity contribution in [3.8, 4) is 0 Å². The second kappa shape index (κ2) is 5.33. The van der Waals surface area contributed by atoms with E-state index in [4.69, 9.17) is 17.3 Å². The van der Waals surface area contributed by atoms with Crippen LogP contribution in [0, 0.1) is 5.92 Å². The Bertz CT molecular complexity index is 443. The summed E-state index contributed by atoms with van der Waals surface area (Å²) in [6, 6.07) is 1.94. The first-order valence-electron chi connectivity index (χ1n) is 6.39. The fraction of sp³-hybridized carbons (Fsp3) is 0.615. The smallest absolute Gasteiger partial charge is 0.270 e. The van der Waals surface area contributed by atoms with Gasteiger partial charge in [-0.05, 0) is 18.4 Å². The third-order valence-corrected chi connectivity index (χ3v) is 4.00. The van der Waals surface area contributed by atoms with E-state index in [1.165, 1.54) is 0 Å². The fourth-order valence-electron chi connectivity index (χ4n) is 2.57. The maximum Gasteiger partial charge on any atom is 0.270 e. The van der Waals surface area contributed by atoms with Gasteiger partial charge in [0.1, 0.15) is 5.69 Å². The highest BCUT2D eigenvalue weighted by atomic mass is 35.5. The number of likely N-dealkylation sites (tertiary alicyclic amines) is 1. The van der Waals surface area contributed by atoms with E-state index in [9.17, 15) is 4.79 Å². The summed E-state index contributed by atoms with van der Waals surface area (Å²) in [5.41, 5.74) is 6.70. The van der Waals surface area contributed by atoms with E-state index < -0.39 is 0 Å². The molecule has 100 valence electrons. The molecule has 0 saturated carbocycles. The minimum Gasteiger partial charge on any atom is -0.345 e. The lowest BCUT2D eigenvalue weighted by Gasteiger charge is -2.36. The van der Waals surface area contributed by atoms with Crippen LogP contribution < -0.4 is 5.73 Å². The molecule has 2 unspecified atom stereocenters. The van der Waals surface area contributed by atoms with Crippen LogP contribution in [-0.4, -0.2) is 34.5 Å². The minimum atomic E-state index is 0.0507. The van der Waals surface area contributed by atoms with E-state index in [2.05, 4.69) is 6.92 Å². The number of hydrogen-bond donors (Lipinski definition) is 1. The molecule has 0 bridgehead atoms. The number of carbonyl (C=O) groups excluding carboxylic acids is 1. The molecular weight excluding hydrogens is 250 g/mol. The first-order chi connectivity index (χ1) is 8.52. The van der Waals surface area contributed by atoms with Crippen LogP contribution in [0.25, 0.3) is 0 Å². The number of hydrogen-bond acceptors (Lipinski definition) is 2. The molecule has 1 aliphatic rings. The first-order valence-corrected chi connectivity index (χ1v) is 6.77. The summed E-state index contributed by atoms with van der Waals surface area (Å²) < 4.78 is 1.78. The molecule has 1 fully saturated rings. The van der Waals surface area contributed by atoms with E-state index >= 15 is 0 Å². The lowest BCUT2D eigenvalue weighted by Crippen LogP contribution is -2.49. The first kappa shape index (κ1) is 13.4. The molecule has 1 aromatic rings. The number of rotatable bonds is 2. The molecule has 1 amide bonds. The average Bonchev–Trinajstić information content (AvgIpc) is 2.68. The molecule has 18 heavy (non-hydrogen) atoms. The maximum absolute atomic E-state index is 12.4. The Morgan fingerprint density at radius 2 is 2.33 bits per heavy atom. The largest absolute Gasteiger partial charge is 0.345 e. The SMILES string of the molecule is CCC1CN(C(=O)c2cc(Cl)cn2C)CCC1N. The van der Waals surface area contributed by atoms with Crippen molar-refractivity contribution in [2.45, 2.75) is 25.8 Å². The molecular formula is C13H20ClN3O. The summed E-state index contributed by atoms with van der Waals surface area (Å²) in [7, 11) is 1.84. The van der Waals surface area contributed by atoms with Crippen LogP contribution in [-0.2, 0) is 7.05 Å². The quantitative estimate of drug-likeness (QED) is 0.891. The lowest BCUT2D eigenvalue weighted by atomic mass is 9.90. The van der Waals surface area contributed by atoms with Crippen molar-refractivity contribution in [1.29, 1.82) is 0 Å². The average molecular weight is 270 g/mol. The highest BCUT2D eigenvalue weighted by molar-refractivity contribution is 6.31.